The molecule has 0 amide bonds. The fourth-order valence-electron chi connectivity index (χ4n) is 0.645. The van der Waals surface area contributed by atoms with Crippen molar-refractivity contribution >= 4 is 5.97 Å². The minimum Gasteiger partial charge on any atom is -0.462 e. The van der Waals surface area contributed by atoms with E-state index in [0.29, 0.717) is 6.54 Å². The van der Waals surface area contributed by atoms with Crippen LogP contribution < -0.4 is 11.1 Å². The lowest BCUT2D eigenvalue weighted by atomic mass is 10.3. The van der Waals surface area contributed by atoms with Gasteiger partial charge >= 0.3 is 5.97 Å². The van der Waals surface area contributed by atoms with Gasteiger partial charge in [-0.3, -0.25) is 4.79 Å². The molecule has 4 heteroatoms. The second-order valence-electron chi connectivity index (χ2n) is 3.06. The summed E-state index contributed by atoms with van der Waals surface area (Å²) in [6.45, 7) is 6.32. The van der Waals surface area contributed by atoms with Crippen molar-refractivity contribution in [2.75, 3.05) is 13.1 Å². The Morgan fingerprint density at radius 3 is 2.50 bits per heavy atom. The monoisotopic (exact) mass is 174 g/mol. The summed E-state index contributed by atoms with van der Waals surface area (Å²) in [4.78, 5) is 10.9. The summed E-state index contributed by atoms with van der Waals surface area (Å²) in [6.07, 6.45) is -0.0486. The third-order valence-electron chi connectivity index (χ3n) is 1.32. The van der Waals surface area contributed by atoms with E-state index in [4.69, 9.17) is 10.5 Å². The number of ether oxygens (including phenoxy) is 1. The summed E-state index contributed by atoms with van der Waals surface area (Å²) in [5.41, 5.74) is 5.34. The molecule has 0 bridgehead atoms. The van der Waals surface area contributed by atoms with Crippen molar-refractivity contribution in [1.29, 1.82) is 0 Å². The van der Waals surface area contributed by atoms with Gasteiger partial charge in [0, 0.05) is 12.6 Å². The molecule has 0 saturated heterocycles. The van der Waals surface area contributed by atoms with Gasteiger partial charge in [-0.25, -0.2) is 0 Å². The average Bonchev–Trinajstić information content (AvgIpc) is 1.99. The number of hydrogen-bond donors (Lipinski definition) is 2. The maximum Gasteiger partial charge on any atom is 0.320 e. The van der Waals surface area contributed by atoms with E-state index >= 15 is 0 Å². The second kappa shape index (κ2) is 5.97. The molecule has 1 unspecified atom stereocenters. The van der Waals surface area contributed by atoms with E-state index in [1.807, 2.05) is 20.8 Å². The SMILES string of the molecule is CC(CN)NCC(=O)OC(C)C. The summed E-state index contributed by atoms with van der Waals surface area (Å²) in [5.74, 6) is -0.231. The topological polar surface area (TPSA) is 64.3 Å². The number of nitrogens with one attached hydrogen (secondary N) is 1. The Morgan fingerprint density at radius 1 is 1.50 bits per heavy atom. The molecule has 0 aliphatic rings. The molecule has 0 aromatic heterocycles. The van der Waals surface area contributed by atoms with E-state index in [9.17, 15) is 4.79 Å². The van der Waals surface area contributed by atoms with E-state index in [-0.39, 0.29) is 24.7 Å². The molecule has 1 atom stereocenters. The maximum atomic E-state index is 10.9. The number of hydrogen-bond acceptors (Lipinski definition) is 4. The lowest BCUT2D eigenvalue weighted by molar-refractivity contribution is -0.146. The van der Waals surface area contributed by atoms with Gasteiger partial charge in [0.1, 0.15) is 0 Å². The fourth-order valence-corrected chi connectivity index (χ4v) is 0.645. The van der Waals surface area contributed by atoms with Crippen LogP contribution in [0.4, 0.5) is 0 Å². The number of carbonyl (C=O) groups excluding carboxylic acids is 1. The van der Waals surface area contributed by atoms with Gasteiger partial charge in [0.05, 0.1) is 12.6 Å². The van der Waals surface area contributed by atoms with Crippen molar-refractivity contribution in [3.05, 3.63) is 0 Å². The molecule has 12 heavy (non-hydrogen) atoms. The van der Waals surface area contributed by atoms with Crippen molar-refractivity contribution in [3.63, 3.8) is 0 Å². The van der Waals surface area contributed by atoms with E-state index in [1.54, 1.807) is 0 Å². The van der Waals surface area contributed by atoms with Crippen LogP contribution in [0.5, 0.6) is 0 Å². The van der Waals surface area contributed by atoms with E-state index in [0.717, 1.165) is 0 Å². The van der Waals surface area contributed by atoms with Gasteiger partial charge in [-0.05, 0) is 20.8 Å². The third kappa shape index (κ3) is 6.12. The number of nitrogens with two attached hydrogens (primary N) is 1. The standard InChI is InChI=1S/C8H18N2O2/c1-6(2)12-8(11)5-10-7(3)4-9/h6-7,10H,4-5,9H2,1-3H3. The first kappa shape index (κ1) is 11.4. The molecule has 0 radical (unpaired) electrons. The first-order chi connectivity index (χ1) is 5.56. The average molecular weight is 174 g/mol. The highest BCUT2D eigenvalue weighted by Crippen LogP contribution is 1.88. The predicted octanol–water partition coefficient (Wildman–Crippen LogP) is -0.125. The van der Waals surface area contributed by atoms with Gasteiger partial charge in [0.25, 0.3) is 0 Å². The fraction of sp³-hybridized carbons (Fsp3) is 0.875. The molecule has 0 rings (SSSR count). The van der Waals surface area contributed by atoms with Crippen LogP contribution in [0.1, 0.15) is 20.8 Å². The third-order valence-corrected chi connectivity index (χ3v) is 1.32. The Bertz CT molecular complexity index is 137. The van der Waals surface area contributed by atoms with E-state index in [1.165, 1.54) is 0 Å². The lowest BCUT2D eigenvalue weighted by Crippen LogP contribution is -2.37. The second-order valence-corrected chi connectivity index (χ2v) is 3.06. The predicted molar refractivity (Wildman–Crippen MR) is 47.7 cm³/mol. The zero-order valence-corrected chi connectivity index (χ0v) is 7.96. The lowest BCUT2D eigenvalue weighted by Gasteiger charge is -2.12. The quantitative estimate of drug-likeness (QED) is 0.570. The molecular weight excluding hydrogens is 156 g/mol. The number of rotatable bonds is 5. The minimum absolute atomic E-state index is 0.0486. The molecular formula is C8H18N2O2. The molecule has 0 aliphatic heterocycles. The summed E-state index contributed by atoms with van der Waals surface area (Å²) < 4.78 is 4.90. The van der Waals surface area contributed by atoms with Crippen LogP contribution in [0.25, 0.3) is 0 Å². The van der Waals surface area contributed by atoms with Crippen molar-refractivity contribution in [1.82, 2.24) is 5.32 Å². The summed E-state index contributed by atoms with van der Waals surface area (Å²) in [5, 5.41) is 2.94. The van der Waals surface area contributed by atoms with Crippen LogP contribution in [-0.4, -0.2) is 31.2 Å². The van der Waals surface area contributed by atoms with E-state index in [2.05, 4.69) is 5.32 Å². The van der Waals surface area contributed by atoms with Crippen LogP contribution in [0.3, 0.4) is 0 Å². The Balaban J connectivity index is 3.44. The van der Waals surface area contributed by atoms with Gasteiger partial charge < -0.3 is 15.8 Å². The number of esters is 1. The largest absolute Gasteiger partial charge is 0.462 e. The van der Waals surface area contributed by atoms with Gasteiger partial charge in [-0.2, -0.15) is 0 Å². The zero-order valence-electron chi connectivity index (χ0n) is 7.96. The molecule has 0 spiro atoms. The molecule has 0 heterocycles. The normalized spacial score (nSPS) is 13.1. The Kier molecular flexibility index (Phi) is 5.66. The summed E-state index contributed by atoms with van der Waals surface area (Å²) in [7, 11) is 0. The highest BCUT2D eigenvalue weighted by molar-refractivity contribution is 5.71. The van der Waals surface area contributed by atoms with E-state index < -0.39 is 0 Å². The van der Waals surface area contributed by atoms with Crippen LogP contribution in [0.2, 0.25) is 0 Å². The molecule has 3 N–H and O–H groups in total. The van der Waals surface area contributed by atoms with Crippen molar-refractivity contribution in [3.8, 4) is 0 Å². The Morgan fingerprint density at radius 2 is 2.08 bits per heavy atom. The Labute approximate surface area is 73.5 Å². The maximum absolute atomic E-state index is 10.9. The summed E-state index contributed by atoms with van der Waals surface area (Å²) in [6, 6.07) is 0.157. The van der Waals surface area contributed by atoms with Crippen molar-refractivity contribution < 1.29 is 9.53 Å². The first-order valence-corrected chi connectivity index (χ1v) is 4.19. The molecule has 4 nitrogen and oxygen atoms in total. The molecule has 0 aromatic rings. The molecule has 0 saturated carbocycles. The van der Waals surface area contributed by atoms with Crippen LogP contribution in [-0.2, 0) is 9.53 Å². The van der Waals surface area contributed by atoms with Gasteiger partial charge in [0.2, 0.25) is 0 Å². The highest BCUT2D eigenvalue weighted by atomic mass is 16.5. The molecule has 0 aromatic carbocycles. The Hall–Kier alpha value is -0.610. The van der Waals surface area contributed by atoms with Crippen molar-refractivity contribution in [2.24, 2.45) is 5.73 Å². The molecule has 72 valence electrons. The summed E-state index contributed by atoms with van der Waals surface area (Å²) >= 11 is 0. The first-order valence-electron chi connectivity index (χ1n) is 4.19. The molecule has 0 fully saturated rings. The number of carbonyl (C=O) groups is 1. The molecule has 0 aliphatic carbocycles. The van der Waals surface area contributed by atoms with Gasteiger partial charge in [-0.1, -0.05) is 0 Å². The minimum atomic E-state index is -0.231. The van der Waals surface area contributed by atoms with Crippen LogP contribution >= 0.6 is 0 Å². The van der Waals surface area contributed by atoms with Crippen LogP contribution in [0, 0.1) is 0 Å². The highest BCUT2D eigenvalue weighted by Gasteiger charge is 2.06. The zero-order chi connectivity index (χ0) is 9.56. The van der Waals surface area contributed by atoms with Gasteiger partial charge in [-0.15, -0.1) is 0 Å². The smallest absolute Gasteiger partial charge is 0.320 e. The van der Waals surface area contributed by atoms with Gasteiger partial charge in [0.15, 0.2) is 0 Å². The van der Waals surface area contributed by atoms with Crippen LogP contribution in [0.15, 0.2) is 0 Å². The van der Waals surface area contributed by atoms with Crippen molar-refractivity contribution in [2.45, 2.75) is 32.9 Å².